The lowest BCUT2D eigenvalue weighted by Crippen LogP contribution is -2.38. The highest BCUT2D eigenvalue weighted by atomic mass is 16.3. The highest BCUT2D eigenvalue weighted by molar-refractivity contribution is 5.47. The normalized spacial score (nSPS) is 25.8. The second-order valence-electron chi connectivity index (χ2n) is 5.01. The number of pyridine rings is 1. The minimum absolute atomic E-state index is 0.0206. The molecule has 0 radical (unpaired) electrons. The van der Waals surface area contributed by atoms with Crippen LogP contribution < -0.4 is 4.90 Å². The molecule has 2 rings (SSSR count). The van der Waals surface area contributed by atoms with Gasteiger partial charge in [0, 0.05) is 25.0 Å². The lowest BCUT2D eigenvalue weighted by Gasteiger charge is -2.36. The Bertz CT molecular complexity index is 344. The maximum absolute atomic E-state index is 9.08. The van der Waals surface area contributed by atoms with Gasteiger partial charge in [-0.3, -0.25) is 4.98 Å². The first-order valence-electron chi connectivity index (χ1n) is 5.99. The maximum atomic E-state index is 9.08. The van der Waals surface area contributed by atoms with Gasteiger partial charge >= 0.3 is 0 Å². The first-order valence-corrected chi connectivity index (χ1v) is 5.99. The molecule has 0 amide bonds. The zero-order valence-electron chi connectivity index (χ0n) is 10.1. The summed E-state index contributed by atoms with van der Waals surface area (Å²) in [5, 5.41) is 9.08. The SMILES string of the molecule is CC1CC(C)CN(c2ccnc(CO)c2)C1. The zero-order chi connectivity index (χ0) is 11.5. The van der Waals surface area contributed by atoms with Gasteiger partial charge in [0.15, 0.2) is 0 Å². The van der Waals surface area contributed by atoms with Crippen LogP contribution in [0.2, 0.25) is 0 Å². The quantitative estimate of drug-likeness (QED) is 0.828. The van der Waals surface area contributed by atoms with Crippen LogP contribution in [0.15, 0.2) is 18.3 Å². The van der Waals surface area contributed by atoms with E-state index in [1.54, 1.807) is 6.20 Å². The van der Waals surface area contributed by atoms with E-state index in [9.17, 15) is 0 Å². The van der Waals surface area contributed by atoms with Crippen molar-refractivity contribution < 1.29 is 5.11 Å². The first-order chi connectivity index (χ1) is 7.69. The van der Waals surface area contributed by atoms with Gasteiger partial charge in [0.1, 0.15) is 0 Å². The number of anilines is 1. The molecule has 1 aliphatic heterocycles. The lowest BCUT2D eigenvalue weighted by atomic mass is 9.91. The van der Waals surface area contributed by atoms with Crippen molar-refractivity contribution in [3.63, 3.8) is 0 Å². The fourth-order valence-electron chi connectivity index (χ4n) is 2.62. The van der Waals surface area contributed by atoms with Crippen molar-refractivity contribution in [3.8, 4) is 0 Å². The minimum atomic E-state index is 0.0206. The highest BCUT2D eigenvalue weighted by Gasteiger charge is 2.21. The standard InChI is InChI=1S/C13H20N2O/c1-10-5-11(2)8-15(7-10)13-3-4-14-12(6-13)9-16/h3-4,6,10-11,16H,5,7-9H2,1-2H3. The maximum Gasteiger partial charge on any atom is 0.0853 e. The van der Waals surface area contributed by atoms with Gasteiger partial charge in [0.05, 0.1) is 12.3 Å². The van der Waals surface area contributed by atoms with E-state index in [0.29, 0.717) is 0 Å². The van der Waals surface area contributed by atoms with Crippen LogP contribution in [-0.4, -0.2) is 23.2 Å². The Kier molecular flexibility index (Phi) is 3.44. The summed E-state index contributed by atoms with van der Waals surface area (Å²) in [6, 6.07) is 4.02. The van der Waals surface area contributed by atoms with Crippen LogP contribution in [-0.2, 0) is 6.61 Å². The molecule has 1 aromatic heterocycles. The van der Waals surface area contributed by atoms with E-state index < -0.39 is 0 Å². The van der Waals surface area contributed by atoms with Gasteiger partial charge in [-0.15, -0.1) is 0 Å². The third-order valence-corrected chi connectivity index (χ3v) is 3.20. The second-order valence-corrected chi connectivity index (χ2v) is 5.01. The van der Waals surface area contributed by atoms with Crippen molar-refractivity contribution in [3.05, 3.63) is 24.0 Å². The van der Waals surface area contributed by atoms with Crippen LogP contribution in [0.25, 0.3) is 0 Å². The number of aliphatic hydroxyl groups is 1. The van der Waals surface area contributed by atoms with E-state index in [-0.39, 0.29) is 6.61 Å². The predicted octanol–water partition coefficient (Wildman–Crippen LogP) is 2.06. The largest absolute Gasteiger partial charge is 0.390 e. The van der Waals surface area contributed by atoms with Gasteiger partial charge < -0.3 is 10.0 Å². The van der Waals surface area contributed by atoms with E-state index in [1.807, 2.05) is 12.1 Å². The van der Waals surface area contributed by atoms with Crippen LogP contribution in [0.5, 0.6) is 0 Å². The molecule has 2 unspecified atom stereocenters. The van der Waals surface area contributed by atoms with E-state index >= 15 is 0 Å². The van der Waals surface area contributed by atoms with Crippen molar-refractivity contribution in [1.29, 1.82) is 0 Å². The van der Waals surface area contributed by atoms with Gasteiger partial charge in [0.25, 0.3) is 0 Å². The molecular weight excluding hydrogens is 200 g/mol. The van der Waals surface area contributed by atoms with Crippen LogP contribution in [0.4, 0.5) is 5.69 Å². The molecule has 0 aliphatic carbocycles. The molecular formula is C13H20N2O. The fourth-order valence-corrected chi connectivity index (χ4v) is 2.62. The van der Waals surface area contributed by atoms with E-state index in [0.717, 1.165) is 30.6 Å². The van der Waals surface area contributed by atoms with Crippen LogP contribution in [0.1, 0.15) is 26.0 Å². The molecule has 0 spiro atoms. The van der Waals surface area contributed by atoms with E-state index in [2.05, 4.69) is 23.7 Å². The molecule has 0 aromatic carbocycles. The number of rotatable bonds is 2. The second kappa shape index (κ2) is 4.83. The fraction of sp³-hybridized carbons (Fsp3) is 0.615. The molecule has 1 fully saturated rings. The Morgan fingerprint density at radius 2 is 2.06 bits per heavy atom. The number of aliphatic hydroxyl groups excluding tert-OH is 1. The Labute approximate surface area is 97.1 Å². The Hall–Kier alpha value is -1.09. The Morgan fingerprint density at radius 3 is 2.69 bits per heavy atom. The number of hydrogen-bond donors (Lipinski definition) is 1. The van der Waals surface area contributed by atoms with Crippen molar-refractivity contribution in [2.45, 2.75) is 26.9 Å². The van der Waals surface area contributed by atoms with Gasteiger partial charge in [-0.2, -0.15) is 0 Å². The summed E-state index contributed by atoms with van der Waals surface area (Å²) in [6.45, 7) is 6.85. The van der Waals surface area contributed by atoms with Gasteiger partial charge in [-0.1, -0.05) is 13.8 Å². The van der Waals surface area contributed by atoms with Crippen molar-refractivity contribution in [1.82, 2.24) is 4.98 Å². The smallest absolute Gasteiger partial charge is 0.0853 e. The predicted molar refractivity (Wildman–Crippen MR) is 65.3 cm³/mol. The van der Waals surface area contributed by atoms with Gasteiger partial charge in [0.2, 0.25) is 0 Å². The third-order valence-electron chi connectivity index (χ3n) is 3.20. The molecule has 88 valence electrons. The Morgan fingerprint density at radius 1 is 1.38 bits per heavy atom. The lowest BCUT2D eigenvalue weighted by molar-refractivity contribution is 0.277. The van der Waals surface area contributed by atoms with Crippen LogP contribution in [0, 0.1) is 11.8 Å². The summed E-state index contributed by atoms with van der Waals surface area (Å²) in [7, 11) is 0. The summed E-state index contributed by atoms with van der Waals surface area (Å²) in [4.78, 5) is 6.52. The van der Waals surface area contributed by atoms with Crippen molar-refractivity contribution >= 4 is 5.69 Å². The number of aromatic nitrogens is 1. The van der Waals surface area contributed by atoms with Crippen molar-refractivity contribution in [2.24, 2.45) is 11.8 Å². The average Bonchev–Trinajstić information content (AvgIpc) is 2.28. The summed E-state index contributed by atoms with van der Waals surface area (Å²) in [6.07, 6.45) is 3.10. The van der Waals surface area contributed by atoms with E-state index in [1.165, 1.54) is 12.1 Å². The van der Waals surface area contributed by atoms with Gasteiger partial charge in [-0.25, -0.2) is 0 Å². The summed E-state index contributed by atoms with van der Waals surface area (Å²) in [5.74, 6) is 1.49. The number of hydrogen-bond acceptors (Lipinski definition) is 3. The number of nitrogens with zero attached hydrogens (tertiary/aromatic N) is 2. The molecule has 1 saturated heterocycles. The average molecular weight is 220 g/mol. The molecule has 16 heavy (non-hydrogen) atoms. The molecule has 2 atom stereocenters. The Balaban J connectivity index is 2.16. The molecule has 0 saturated carbocycles. The molecule has 3 nitrogen and oxygen atoms in total. The summed E-state index contributed by atoms with van der Waals surface area (Å²) < 4.78 is 0. The minimum Gasteiger partial charge on any atom is -0.390 e. The molecule has 1 aliphatic rings. The van der Waals surface area contributed by atoms with Crippen LogP contribution >= 0.6 is 0 Å². The van der Waals surface area contributed by atoms with Gasteiger partial charge in [-0.05, 0) is 30.4 Å². The van der Waals surface area contributed by atoms with Crippen LogP contribution in [0.3, 0.4) is 0 Å². The first kappa shape index (κ1) is 11.4. The molecule has 0 bridgehead atoms. The number of piperidine rings is 1. The van der Waals surface area contributed by atoms with Crippen molar-refractivity contribution in [2.75, 3.05) is 18.0 Å². The summed E-state index contributed by atoms with van der Waals surface area (Å²) in [5.41, 5.74) is 1.95. The van der Waals surface area contributed by atoms with E-state index in [4.69, 9.17) is 5.11 Å². The monoisotopic (exact) mass is 220 g/mol. The highest BCUT2D eigenvalue weighted by Crippen LogP contribution is 2.26. The molecule has 1 aromatic rings. The molecule has 1 N–H and O–H groups in total. The molecule has 3 heteroatoms. The summed E-state index contributed by atoms with van der Waals surface area (Å²) >= 11 is 0. The molecule has 2 heterocycles. The zero-order valence-corrected chi connectivity index (χ0v) is 10.1. The topological polar surface area (TPSA) is 36.4 Å². The third kappa shape index (κ3) is 2.53.